The van der Waals surface area contributed by atoms with E-state index in [1.807, 2.05) is 14.0 Å². The van der Waals surface area contributed by atoms with Crippen LogP contribution in [0.15, 0.2) is 36.0 Å². The predicted molar refractivity (Wildman–Crippen MR) is 83.0 cm³/mol. The molecule has 0 bridgehead atoms. The van der Waals surface area contributed by atoms with Crippen LogP contribution < -0.4 is 10.6 Å². The van der Waals surface area contributed by atoms with Gasteiger partial charge < -0.3 is 10.6 Å². The summed E-state index contributed by atoms with van der Waals surface area (Å²) < 4.78 is 0. The summed E-state index contributed by atoms with van der Waals surface area (Å²) in [6, 6.07) is 0.440. The number of allylic oxidation sites excluding steroid dienone is 2. The molecule has 2 heteroatoms. The second-order valence-corrected chi connectivity index (χ2v) is 5.25. The fourth-order valence-corrected chi connectivity index (χ4v) is 1.82. The predicted octanol–water partition coefficient (Wildman–Crippen LogP) is 3.43. The molecular formula is C16H30N2. The summed E-state index contributed by atoms with van der Waals surface area (Å²) >= 11 is 0. The van der Waals surface area contributed by atoms with Crippen molar-refractivity contribution in [2.24, 2.45) is 0 Å². The Hall–Kier alpha value is -0.860. The topological polar surface area (TPSA) is 24.1 Å². The Morgan fingerprint density at radius 2 is 1.94 bits per heavy atom. The van der Waals surface area contributed by atoms with Crippen LogP contribution in [-0.2, 0) is 0 Å². The minimum absolute atomic E-state index is 0.440. The first-order valence-corrected chi connectivity index (χ1v) is 6.82. The van der Waals surface area contributed by atoms with Crippen LogP contribution in [0.5, 0.6) is 0 Å². The van der Waals surface area contributed by atoms with Gasteiger partial charge in [-0.1, -0.05) is 36.0 Å². The average molecular weight is 250 g/mol. The highest BCUT2D eigenvalue weighted by atomic mass is 14.8. The molecule has 104 valence electrons. The van der Waals surface area contributed by atoms with E-state index in [9.17, 15) is 0 Å². The Kier molecular flexibility index (Phi) is 9.62. The maximum Gasteiger partial charge on any atom is 0.0221 e. The molecule has 18 heavy (non-hydrogen) atoms. The molecule has 0 aliphatic rings. The number of likely N-dealkylation sites (N-methyl/N-ethyl adjacent to an activating group) is 1. The lowest BCUT2D eigenvalue weighted by Crippen LogP contribution is -2.18. The van der Waals surface area contributed by atoms with Gasteiger partial charge >= 0.3 is 0 Å². The van der Waals surface area contributed by atoms with Crippen molar-refractivity contribution in [3.63, 3.8) is 0 Å². The number of hydrogen-bond acceptors (Lipinski definition) is 2. The summed E-state index contributed by atoms with van der Waals surface area (Å²) in [4.78, 5) is 0. The lowest BCUT2D eigenvalue weighted by molar-refractivity contribution is 0.673. The van der Waals surface area contributed by atoms with Crippen molar-refractivity contribution in [1.82, 2.24) is 10.6 Å². The van der Waals surface area contributed by atoms with Crippen LogP contribution in [0.3, 0.4) is 0 Å². The highest BCUT2D eigenvalue weighted by Crippen LogP contribution is 2.14. The van der Waals surface area contributed by atoms with Gasteiger partial charge in [-0.15, -0.1) is 0 Å². The Morgan fingerprint density at radius 1 is 1.28 bits per heavy atom. The molecule has 0 rings (SSSR count). The zero-order chi connectivity index (χ0) is 14.0. The van der Waals surface area contributed by atoms with Crippen LogP contribution in [0, 0.1) is 0 Å². The van der Waals surface area contributed by atoms with E-state index in [2.05, 4.69) is 43.7 Å². The standard InChI is InChI=1S/C16H30N2/c1-13(2)12-18-9-7-8-14(3)10-15(4)11-16(5)17-6/h11,16-18H,1,3,7-10,12H2,2,4-6H3/b15-11-. The first kappa shape index (κ1) is 17.1. The Bertz CT molecular complexity index is 289. The van der Waals surface area contributed by atoms with Crippen LogP contribution in [0.1, 0.15) is 40.0 Å². The second kappa shape index (κ2) is 10.1. The average Bonchev–Trinajstić information content (AvgIpc) is 2.27. The lowest BCUT2D eigenvalue weighted by Gasteiger charge is -2.10. The van der Waals surface area contributed by atoms with E-state index in [1.165, 1.54) is 16.7 Å². The summed E-state index contributed by atoms with van der Waals surface area (Å²) in [7, 11) is 1.98. The van der Waals surface area contributed by atoms with Gasteiger partial charge in [-0.2, -0.15) is 0 Å². The largest absolute Gasteiger partial charge is 0.314 e. The first-order valence-electron chi connectivity index (χ1n) is 6.82. The molecule has 0 aliphatic heterocycles. The molecule has 0 spiro atoms. The molecule has 0 aromatic carbocycles. The van der Waals surface area contributed by atoms with Crippen molar-refractivity contribution in [3.05, 3.63) is 36.0 Å². The number of rotatable bonds is 10. The molecule has 2 nitrogen and oxygen atoms in total. The van der Waals surface area contributed by atoms with E-state index < -0.39 is 0 Å². The third kappa shape index (κ3) is 10.3. The molecule has 2 N–H and O–H groups in total. The van der Waals surface area contributed by atoms with Crippen LogP contribution in [-0.4, -0.2) is 26.2 Å². The number of nitrogens with one attached hydrogen (secondary N) is 2. The molecule has 0 saturated carbocycles. The summed E-state index contributed by atoms with van der Waals surface area (Å²) in [5.74, 6) is 0. The highest BCUT2D eigenvalue weighted by molar-refractivity contribution is 5.12. The maximum absolute atomic E-state index is 4.15. The van der Waals surface area contributed by atoms with Crippen molar-refractivity contribution in [3.8, 4) is 0 Å². The summed E-state index contributed by atoms with van der Waals surface area (Å²) in [5, 5.41) is 6.58. The van der Waals surface area contributed by atoms with Crippen molar-refractivity contribution in [2.45, 2.75) is 46.1 Å². The quantitative estimate of drug-likeness (QED) is 0.458. The molecule has 0 fully saturated rings. The fourth-order valence-electron chi connectivity index (χ4n) is 1.82. The summed E-state index contributed by atoms with van der Waals surface area (Å²) in [5.41, 5.74) is 3.91. The van der Waals surface area contributed by atoms with Gasteiger partial charge in [0.2, 0.25) is 0 Å². The molecule has 1 unspecified atom stereocenters. The van der Waals surface area contributed by atoms with Crippen molar-refractivity contribution in [2.75, 3.05) is 20.1 Å². The van der Waals surface area contributed by atoms with Gasteiger partial charge in [-0.25, -0.2) is 0 Å². The second-order valence-electron chi connectivity index (χ2n) is 5.25. The maximum atomic E-state index is 4.15. The molecule has 1 atom stereocenters. The molecule has 0 radical (unpaired) electrons. The van der Waals surface area contributed by atoms with E-state index in [1.54, 1.807) is 0 Å². The first-order chi connectivity index (χ1) is 8.45. The number of hydrogen-bond donors (Lipinski definition) is 2. The van der Waals surface area contributed by atoms with Crippen LogP contribution in [0.2, 0.25) is 0 Å². The van der Waals surface area contributed by atoms with Gasteiger partial charge in [0.1, 0.15) is 0 Å². The molecular weight excluding hydrogens is 220 g/mol. The smallest absolute Gasteiger partial charge is 0.0221 e. The molecule has 0 aromatic heterocycles. The van der Waals surface area contributed by atoms with Crippen molar-refractivity contribution >= 4 is 0 Å². The highest BCUT2D eigenvalue weighted by Gasteiger charge is 1.99. The molecule has 0 heterocycles. The van der Waals surface area contributed by atoms with Gasteiger partial charge in [0, 0.05) is 12.6 Å². The summed E-state index contributed by atoms with van der Waals surface area (Å²) in [6.07, 6.45) is 5.54. The van der Waals surface area contributed by atoms with Crippen LogP contribution in [0.25, 0.3) is 0 Å². The minimum Gasteiger partial charge on any atom is -0.314 e. The van der Waals surface area contributed by atoms with Crippen molar-refractivity contribution < 1.29 is 0 Å². The monoisotopic (exact) mass is 250 g/mol. The van der Waals surface area contributed by atoms with Crippen LogP contribution >= 0.6 is 0 Å². The molecule has 0 saturated heterocycles. The van der Waals surface area contributed by atoms with Gasteiger partial charge in [0.05, 0.1) is 0 Å². The van der Waals surface area contributed by atoms with Crippen molar-refractivity contribution in [1.29, 1.82) is 0 Å². The van der Waals surface area contributed by atoms with E-state index in [0.717, 1.165) is 32.4 Å². The third-order valence-corrected chi connectivity index (χ3v) is 2.83. The van der Waals surface area contributed by atoms with Crippen LogP contribution in [0.4, 0.5) is 0 Å². The Morgan fingerprint density at radius 3 is 2.50 bits per heavy atom. The Balaban J connectivity index is 3.71. The van der Waals surface area contributed by atoms with Gasteiger partial charge in [0.15, 0.2) is 0 Å². The fraction of sp³-hybridized carbons (Fsp3) is 0.625. The van der Waals surface area contributed by atoms with Gasteiger partial charge in [-0.05, 0) is 53.6 Å². The normalized spacial score (nSPS) is 13.4. The van der Waals surface area contributed by atoms with E-state index in [4.69, 9.17) is 0 Å². The molecule has 0 aliphatic carbocycles. The summed E-state index contributed by atoms with van der Waals surface area (Å²) in [6.45, 7) is 16.4. The van der Waals surface area contributed by atoms with E-state index in [-0.39, 0.29) is 0 Å². The zero-order valence-corrected chi connectivity index (χ0v) is 12.6. The van der Waals surface area contributed by atoms with Gasteiger partial charge in [0.25, 0.3) is 0 Å². The minimum atomic E-state index is 0.440. The Labute approximate surface area is 113 Å². The SMILES string of the molecule is C=C(C)CNCCCC(=C)C/C(C)=C\C(C)NC. The third-order valence-electron chi connectivity index (χ3n) is 2.83. The molecule has 0 amide bonds. The zero-order valence-electron chi connectivity index (χ0n) is 12.6. The van der Waals surface area contributed by atoms with E-state index in [0.29, 0.717) is 6.04 Å². The molecule has 0 aromatic rings. The lowest BCUT2D eigenvalue weighted by atomic mass is 10.0. The van der Waals surface area contributed by atoms with Gasteiger partial charge in [-0.3, -0.25) is 0 Å². The van der Waals surface area contributed by atoms with E-state index >= 15 is 0 Å².